The van der Waals surface area contributed by atoms with Crippen LogP contribution in [0.15, 0.2) is 23.4 Å². The molecule has 0 aliphatic heterocycles. The standard InChI is InChI=1S/C14H20N2O3S/c1-10-8-15-13-7-11(19-6-5-17)12(9-16(10)13)20(18)14(2,3)4/h7-9,17H,5-6H2,1-4H3. The summed E-state index contributed by atoms with van der Waals surface area (Å²) in [6, 6.07) is 1.77. The Labute approximate surface area is 121 Å². The van der Waals surface area contributed by atoms with Gasteiger partial charge < -0.3 is 14.2 Å². The van der Waals surface area contributed by atoms with Crippen molar-refractivity contribution in [2.45, 2.75) is 37.3 Å². The van der Waals surface area contributed by atoms with Crippen molar-refractivity contribution in [1.82, 2.24) is 9.38 Å². The van der Waals surface area contributed by atoms with E-state index < -0.39 is 10.8 Å². The predicted octanol–water partition coefficient (Wildman–Crippen LogP) is 1.92. The molecule has 0 bridgehead atoms. The summed E-state index contributed by atoms with van der Waals surface area (Å²) in [7, 11) is -1.22. The van der Waals surface area contributed by atoms with Gasteiger partial charge in [0, 0.05) is 28.9 Å². The number of hydrogen-bond donors (Lipinski definition) is 1. The average molecular weight is 296 g/mol. The van der Waals surface area contributed by atoms with Crippen molar-refractivity contribution < 1.29 is 14.1 Å². The summed E-state index contributed by atoms with van der Waals surface area (Å²) in [6.07, 6.45) is 3.57. The largest absolute Gasteiger partial charge is 0.490 e. The molecule has 0 saturated heterocycles. The van der Waals surface area contributed by atoms with Gasteiger partial charge in [0.1, 0.15) is 18.0 Å². The van der Waals surface area contributed by atoms with Gasteiger partial charge in [0.15, 0.2) is 0 Å². The molecule has 0 spiro atoms. The summed E-state index contributed by atoms with van der Waals surface area (Å²) < 4.78 is 19.7. The fourth-order valence-electron chi connectivity index (χ4n) is 1.85. The molecule has 20 heavy (non-hydrogen) atoms. The second-order valence-corrected chi connectivity index (χ2v) is 7.78. The Hall–Kier alpha value is -1.40. The molecule has 2 aromatic heterocycles. The van der Waals surface area contributed by atoms with Gasteiger partial charge in [-0.15, -0.1) is 0 Å². The van der Waals surface area contributed by atoms with Gasteiger partial charge in [-0.05, 0) is 27.7 Å². The number of imidazole rings is 1. The number of nitrogens with zero attached hydrogens (tertiary/aromatic N) is 2. The van der Waals surface area contributed by atoms with Crippen LogP contribution in [0.1, 0.15) is 26.5 Å². The summed E-state index contributed by atoms with van der Waals surface area (Å²) in [4.78, 5) is 4.90. The molecule has 5 nitrogen and oxygen atoms in total. The molecular formula is C14H20N2O3S. The number of aromatic nitrogens is 2. The Bertz CT molecular complexity index is 644. The number of aliphatic hydroxyl groups is 1. The Morgan fingerprint density at radius 1 is 1.45 bits per heavy atom. The van der Waals surface area contributed by atoms with Crippen molar-refractivity contribution in [3.8, 4) is 5.75 Å². The number of rotatable bonds is 4. The number of ether oxygens (including phenoxy) is 1. The van der Waals surface area contributed by atoms with Gasteiger partial charge in [0.2, 0.25) is 0 Å². The third kappa shape index (κ3) is 2.86. The highest BCUT2D eigenvalue weighted by Gasteiger charge is 2.25. The Morgan fingerprint density at radius 3 is 2.75 bits per heavy atom. The van der Waals surface area contributed by atoms with E-state index in [0.717, 1.165) is 11.3 Å². The lowest BCUT2D eigenvalue weighted by Crippen LogP contribution is -2.23. The highest BCUT2D eigenvalue weighted by atomic mass is 32.2. The highest BCUT2D eigenvalue weighted by Crippen LogP contribution is 2.30. The van der Waals surface area contributed by atoms with E-state index in [1.54, 1.807) is 12.3 Å². The van der Waals surface area contributed by atoms with E-state index in [2.05, 4.69) is 4.98 Å². The molecule has 1 atom stereocenters. The maximum atomic E-state index is 12.7. The van der Waals surface area contributed by atoms with E-state index in [9.17, 15) is 4.21 Å². The first kappa shape index (κ1) is 15.0. The molecule has 2 heterocycles. The smallest absolute Gasteiger partial charge is 0.140 e. The fraction of sp³-hybridized carbons (Fsp3) is 0.500. The van der Waals surface area contributed by atoms with Crippen LogP contribution in [0.4, 0.5) is 0 Å². The summed E-state index contributed by atoms with van der Waals surface area (Å²) in [5.74, 6) is 0.519. The van der Waals surface area contributed by atoms with Crippen molar-refractivity contribution in [2.24, 2.45) is 0 Å². The monoisotopic (exact) mass is 296 g/mol. The minimum Gasteiger partial charge on any atom is -0.490 e. The maximum Gasteiger partial charge on any atom is 0.140 e. The number of hydrogen-bond acceptors (Lipinski definition) is 4. The molecule has 0 saturated carbocycles. The minimum absolute atomic E-state index is 0.0831. The molecule has 1 N–H and O–H groups in total. The highest BCUT2D eigenvalue weighted by molar-refractivity contribution is 7.86. The van der Waals surface area contributed by atoms with Crippen molar-refractivity contribution >= 4 is 16.4 Å². The predicted molar refractivity (Wildman–Crippen MR) is 78.7 cm³/mol. The summed E-state index contributed by atoms with van der Waals surface area (Å²) in [5, 5.41) is 8.91. The summed E-state index contributed by atoms with van der Waals surface area (Å²) in [5.41, 5.74) is 1.71. The van der Waals surface area contributed by atoms with E-state index in [1.165, 1.54) is 0 Å². The second-order valence-electron chi connectivity index (χ2n) is 5.58. The Kier molecular flexibility index (Phi) is 4.15. The first-order valence-electron chi connectivity index (χ1n) is 6.48. The maximum absolute atomic E-state index is 12.7. The van der Waals surface area contributed by atoms with Crippen LogP contribution in [-0.4, -0.2) is 36.7 Å². The molecule has 0 radical (unpaired) electrons. The lowest BCUT2D eigenvalue weighted by atomic mass is 10.3. The van der Waals surface area contributed by atoms with Crippen molar-refractivity contribution in [3.05, 3.63) is 24.2 Å². The molecule has 110 valence electrons. The first-order chi connectivity index (χ1) is 9.34. The van der Waals surface area contributed by atoms with E-state index in [-0.39, 0.29) is 18.0 Å². The molecule has 6 heteroatoms. The van der Waals surface area contributed by atoms with Crippen LogP contribution < -0.4 is 4.74 Å². The van der Waals surface area contributed by atoms with Crippen LogP contribution in [-0.2, 0) is 10.8 Å². The molecular weight excluding hydrogens is 276 g/mol. The first-order valence-corrected chi connectivity index (χ1v) is 7.63. The van der Waals surface area contributed by atoms with Gasteiger partial charge >= 0.3 is 0 Å². The zero-order valence-electron chi connectivity index (χ0n) is 12.2. The molecule has 0 aliphatic carbocycles. The third-order valence-electron chi connectivity index (χ3n) is 2.86. The van der Waals surface area contributed by atoms with Crippen molar-refractivity contribution in [3.63, 3.8) is 0 Å². The van der Waals surface area contributed by atoms with Gasteiger partial charge in [-0.25, -0.2) is 4.98 Å². The van der Waals surface area contributed by atoms with Gasteiger partial charge in [-0.2, -0.15) is 0 Å². The molecule has 2 rings (SSSR count). The zero-order valence-corrected chi connectivity index (χ0v) is 13.0. The molecule has 0 aliphatic rings. The van der Waals surface area contributed by atoms with Crippen LogP contribution in [0.3, 0.4) is 0 Å². The third-order valence-corrected chi connectivity index (χ3v) is 4.68. The average Bonchev–Trinajstić information content (AvgIpc) is 2.74. The summed E-state index contributed by atoms with van der Waals surface area (Å²) >= 11 is 0. The van der Waals surface area contributed by atoms with Crippen molar-refractivity contribution in [2.75, 3.05) is 13.2 Å². The Morgan fingerprint density at radius 2 is 2.15 bits per heavy atom. The zero-order chi connectivity index (χ0) is 14.9. The molecule has 0 amide bonds. The van der Waals surface area contributed by atoms with Gasteiger partial charge in [0.25, 0.3) is 0 Å². The topological polar surface area (TPSA) is 63.8 Å². The fourth-order valence-corrected chi connectivity index (χ4v) is 3.01. The lowest BCUT2D eigenvalue weighted by molar-refractivity contribution is 0.198. The Balaban J connectivity index is 2.58. The molecule has 0 aromatic carbocycles. The lowest BCUT2D eigenvalue weighted by Gasteiger charge is -2.20. The van der Waals surface area contributed by atoms with Crippen LogP contribution in [0.25, 0.3) is 5.65 Å². The van der Waals surface area contributed by atoms with Crippen molar-refractivity contribution in [1.29, 1.82) is 0 Å². The van der Waals surface area contributed by atoms with Gasteiger partial charge in [0.05, 0.1) is 22.3 Å². The van der Waals surface area contributed by atoms with Gasteiger partial charge in [-0.1, -0.05) is 0 Å². The normalized spacial score (nSPS) is 13.7. The second kappa shape index (κ2) is 5.54. The number of pyridine rings is 1. The van der Waals surface area contributed by atoms with E-state index in [4.69, 9.17) is 9.84 Å². The number of aryl methyl sites for hydroxylation is 1. The molecule has 0 fully saturated rings. The quantitative estimate of drug-likeness (QED) is 0.936. The minimum atomic E-state index is -1.22. The van der Waals surface area contributed by atoms with Crippen LogP contribution in [0.5, 0.6) is 5.75 Å². The van der Waals surface area contributed by atoms with Crippen LogP contribution >= 0.6 is 0 Å². The van der Waals surface area contributed by atoms with E-state index in [0.29, 0.717) is 10.6 Å². The SMILES string of the molecule is Cc1cnc2cc(OCCO)c(S(=O)C(C)(C)C)cn12. The molecule has 2 aromatic rings. The summed E-state index contributed by atoms with van der Waals surface area (Å²) in [6.45, 7) is 7.79. The molecule has 1 unspecified atom stereocenters. The van der Waals surface area contributed by atoms with Crippen LogP contribution in [0, 0.1) is 6.92 Å². The van der Waals surface area contributed by atoms with E-state index >= 15 is 0 Å². The number of aliphatic hydroxyl groups excluding tert-OH is 1. The van der Waals surface area contributed by atoms with E-state index in [1.807, 2.05) is 38.3 Å². The van der Waals surface area contributed by atoms with Crippen LogP contribution in [0.2, 0.25) is 0 Å². The van der Waals surface area contributed by atoms with Gasteiger partial charge in [-0.3, -0.25) is 4.21 Å². The number of fused-ring (bicyclic) bond motifs is 1.